The summed E-state index contributed by atoms with van der Waals surface area (Å²) in [6.07, 6.45) is 8.90. The topological polar surface area (TPSA) is 35.9 Å². The zero-order chi connectivity index (χ0) is 15.2. The van der Waals surface area contributed by atoms with Gasteiger partial charge in [0, 0.05) is 24.1 Å². The SMILES string of the molecule is Cc1ccc(N(C(=O)CN2C=CC=CN=C2)C(C)C)cc1. The van der Waals surface area contributed by atoms with Crippen LogP contribution in [0.3, 0.4) is 0 Å². The highest BCUT2D eigenvalue weighted by molar-refractivity contribution is 5.96. The number of benzene rings is 1. The highest BCUT2D eigenvalue weighted by Gasteiger charge is 2.20. The van der Waals surface area contributed by atoms with Gasteiger partial charge in [0.2, 0.25) is 5.91 Å². The van der Waals surface area contributed by atoms with Gasteiger partial charge in [-0.05, 0) is 45.1 Å². The molecule has 21 heavy (non-hydrogen) atoms. The van der Waals surface area contributed by atoms with Crippen LogP contribution < -0.4 is 4.90 Å². The van der Waals surface area contributed by atoms with Crippen molar-refractivity contribution >= 4 is 17.9 Å². The van der Waals surface area contributed by atoms with Crippen molar-refractivity contribution in [2.75, 3.05) is 11.4 Å². The van der Waals surface area contributed by atoms with Crippen LogP contribution in [0.2, 0.25) is 0 Å². The molecular weight excluding hydrogens is 262 g/mol. The van der Waals surface area contributed by atoms with Gasteiger partial charge in [-0.3, -0.25) is 4.79 Å². The zero-order valence-corrected chi connectivity index (χ0v) is 12.7. The molecule has 110 valence electrons. The molecule has 0 fully saturated rings. The maximum atomic E-state index is 12.6. The lowest BCUT2D eigenvalue weighted by Crippen LogP contribution is -2.42. The number of anilines is 1. The summed E-state index contributed by atoms with van der Waals surface area (Å²) in [7, 11) is 0. The van der Waals surface area contributed by atoms with E-state index in [1.165, 1.54) is 5.56 Å². The Morgan fingerprint density at radius 2 is 1.95 bits per heavy atom. The van der Waals surface area contributed by atoms with Crippen LogP contribution in [0.1, 0.15) is 19.4 Å². The summed E-state index contributed by atoms with van der Waals surface area (Å²) in [5.41, 5.74) is 2.11. The van der Waals surface area contributed by atoms with Crippen LogP contribution >= 0.6 is 0 Å². The van der Waals surface area contributed by atoms with E-state index in [4.69, 9.17) is 0 Å². The standard InChI is InChI=1S/C17H21N3O/c1-14(2)20(16-8-6-15(3)7-9-16)17(21)12-19-11-5-4-10-18-13-19/h4-11,13-14H,12H2,1-3H3. The summed E-state index contributed by atoms with van der Waals surface area (Å²) in [6.45, 7) is 6.35. The van der Waals surface area contributed by atoms with Gasteiger partial charge in [-0.1, -0.05) is 17.7 Å². The van der Waals surface area contributed by atoms with Gasteiger partial charge >= 0.3 is 0 Å². The maximum absolute atomic E-state index is 12.6. The monoisotopic (exact) mass is 283 g/mol. The van der Waals surface area contributed by atoms with Crippen molar-refractivity contribution in [3.63, 3.8) is 0 Å². The van der Waals surface area contributed by atoms with E-state index in [-0.39, 0.29) is 18.5 Å². The van der Waals surface area contributed by atoms with E-state index in [1.54, 1.807) is 17.4 Å². The third kappa shape index (κ3) is 4.05. The molecule has 1 heterocycles. The lowest BCUT2D eigenvalue weighted by Gasteiger charge is -2.28. The molecule has 0 N–H and O–H groups in total. The van der Waals surface area contributed by atoms with Crippen LogP contribution in [0.5, 0.6) is 0 Å². The number of carbonyl (C=O) groups is 1. The molecule has 1 amide bonds. The molecule has 2 rings (SSSR count). The van der Waals surface area contributed by atoms with Gasteiger partial charge in [0.1, 0.15) is 6.54 Å². The first-order chi connectivity index (χ1) is 10.1. The molecule has 0 radical (unpaired) electrons. The predicted octanol–water partition coefficient (Wildman–Crippen LogP) is 3.11. The number of amides is 1. The van der Waals surface area contributed by atoms with Crippen molar-refractivity contribution in [3.05, 3.63) is 54.4 Å². The Balaban J connectivity index is 2.14. The molecular formula is C17H21N3O. The van der Waals surface area contributed by atoms with Gasteiger partial charge in [0.15, 0.2) is 0 Å². The van der Waals surface area contributed by atoms with Gasteiger partial charge in [0.25, 0.3) is 0 Å². The Morgan fingerprint density at radius 1 is 1.24 bits per heavy atom. The largest absolute Gasteiger partial charge is 0.330 e. The molecule has 0 aliphatic carbocycles. The van der Waals surface area contributed by atoms with Gasteiger partial charge in [-0.2, -0.15) is 0 Å². The van der Waals surface area contributed by atoms with Gasteiger partial charge in [0.05, 0.1) is 6.34 Å². The summed E-state index contributed by atoms with van der Waals surface area (Å²) >= 11 is 0. The Kier molecular flexibility index (Phi) is 4.93. The molecule has 0 saturated carbocycles. The van der Waals surface area contributed by atoms with E-state index in [0.717, 1.165) is 5.69 Å². The van der Waals surface area contributed by atoms with Crippen molar-refractivity contribution in [3.8, 4) is 0 Å². The van der Waals surface area contributed by atoms with E-state index in [2.05, 4.69) is 4.99 Å². The molecule has 1 aromatic carbocycles. The van der Waals surface area contributed by atoms with E-state index in [1.807, 2.05) is 68.3 Å². The van der Waals surface area contributed by atoms with E-state index in [9.17, 15) is 4.79 Å². The number of aryl methyl sites for hydroxylation is 1. The van der Waals surface area contributed by atoms with Crippen LogP contribution in [0.4, 0.5) is 5.69 Å². The smallest absolute Gasteiger partial charge is 0.247 e. The summed E-state index contributed by atoms with van der Waals surface area (Å²) in [5.74, 6) is 0.0480. The minimum absolute atomic E-state index is 0.0480. The molecule has 1 aliphatic heterocycles. The number of rotatable bonds is 4. The number of allylic oxidation sites excluding steroid dienone is 2. The Morgan fingerprint density at radius 3 is 2.62 bits per heavy atom. The number of hydrogen-bond acceptors (Lipinski definition) is 3. The molecule has 1 aliphatic rings. The second kappa shape index (κ2) is 6.88. The van der Waals surface area contributed by atoms with Crippen molar-refractivity contribution < 1.29 is 4.79 Å². The van der Waals surface area contributed by atoms with Gasteiger partial charge in [-0.15, -0.1) is 0 Å². The molecule has 1 aromatic rings. The summed E-state index contributed by atoms with van der Waals surface area (Å²) in [6, 6.07) is 8.12. The van der Waals surface area contributed by atoms with Crippen LogP contribution in [-0.4, -0.2) is 29.7 Å². The minimum atomic E-state index is 0.0480. The first-order valence-corrected chi connectivity index (χ1v) is 7.09. The fourth-order valence-corrected chi connectivity index (χ4v) is 2.18. The normalized spacial score (nSPS) is 13.6. The average Bonchev–Trinajstić information content (AvgIpc) is 2.69. The quantitative estimate of drug-likeness (QED) is 0.851. The van der Waals surface area contributed by atoms with Crippen LogP contribution in [-0.2, 0) is 4.79 Å². The van der Waals surface area contributed by atoms with E-state index < -0.39 is 0 Å². The van der Waals surface area contributed by atoms with Crippen LogP contribution in [0.15, 0.2) is 53.8 Å². The first kappa shape index (κ1) is 15.0. The summed E-state index contributed by atoms with van der Waals surface area (Å²) in [5, 5.41) is 0. The third-order valence-electron chi connectivity index (χ3n) is 3.19. The molecule has 0 saturated heterocycles. The average molecular weight is 283 g/mol. The molecule has 0 bridgehead atoms. The molecule has 0 aromatic heterocycles. The highest BCUT2D eigenvalue weighted by Crippen LogP contribution is 2.18. The second-order valence-electron chi connectivity index (χ2n) is 5.31. The zero-order valence-electron chi connectivity index (χ0n) is 12.7. The van der Waals surface area contributed by atoms with Crippen molar-refractivity contribution in [1.82, 2.24) is 4.90 Å². The second-order valence-corrected chi connectivity index (χ2v) is 5.31. The predicted molar refractivity (Wildman–Crippen MR) is 87.3 cm³/mol. The highest BCUT2D eigenvalue weighted by atomic mass is 16.2. The molecule has 0 unspecified atom stereocenters. The molecule has 4 heteroatoms. The van der Waals surface area contributed by atoms with Crippen LogP contribution in [0, 0.1) is 6.92 Å². The Hall–Kier alpha value is -2.36. The number of carbonyl (C=O) groups excluding carboxylic acids is 1. The van der Waals surface area contributed by atoms with Crippen molar-refractivity contribution in [2.45, 2.75) is 26.8 Å². The van der Waals surface area contributed by atoms with Crippen molar-refractivity contribution in [1.29, 1.82) is 0 Å². The Labute approximate surface area is 126 Å². The van der Waals surface area contributed by atoms with Crippen LogP contribution in [0.25, 0.3) is 0 Å². The summed E-state index contributed by atoms with van der Waals surface area (Å²) < 4.78 is 0. The third-order valence-corrected chi connectivity index (χ3v) is 3.19. The lowest BCUT2D eigenvalue weighted by atomic mass is 10.2. The fraction of sp³-hybridized carbons (Fsp3) is 0.294. The maximum Gasteiger partial charge on any atom is 0.247 e. The number of hydrogen-bond donors (Lipinski definition) is 0. The molecule has 0 spiro atoms. The fourth-order valence-electron chi connectivity index (χ4n) is 2.18. The minimum Gasteiger partial charge on any atom is -0.330 e. The van der Waals surface area contributed by atoms with Gasteiger partial charge in [-0.25, -0.2) is 4.99 Å². The number of nitrogens with zero attached hydrogens (tertiary/aromatic N) is 3. The van der Waals surface area contributed by atoms with Crippen molar-refractivity contribution in [2.24, 2.45) is 4.99 Å². The number of aliphatic imine (C=N–C) groups is 1. The summed E-state index contributed by atoms with van der Waals surface area (Å²) in [4.78, 5) is 20.3. The molecule has 0 atom stereocenters. The molecule has 4 nitrogen and oxygen atoms in total. The first-order valence-electron chi connectivity index (χ1n) is 7.09. The van der Waals surface area contributed by atoms with E-state index in [0.29, 0.717) is 0 Å². The lowest BCUT2D eigenvalue weighted by molar-refractivity contribution is -0.118. The van der Waals surface area contributed by atoms with Gasteiger partial charge < -0.3 is 9.80 Å². The van der Waals surface area contributed by atoms with E-state index >= 15 is 0 Å². The Bertz CT molecular complexity index is 554.